The summed E-state index contributed by atoms with van der Waals surface area (Å²) in [6.07, 6.45) is 0. The third-order valence-corrected chi connectivity index (χ3v) is 3.19. The van der Waals surface area contributed by atoms with E-state index in [2.05, 4.69) is 15.9 Å². The summed E-state index contributed by atoms with van der Waals surface area (Å²) in [5.74, 6) is 1.55. The van der Waals surface area contributed by atoms with E-state index in [9.17, 15) is 0 Å². The van der Waals surface area contributed by atoms with Gasteiger partial charge in [-0.1, -0.05) is 39.7 Å². The number of ether oxygens (including phenoxy) is 1. The highest BCUT2D eigenvalue weighted by molar-refractivity contribution is 9.10. The maximum atomic E-state index is 9.06. The Kier molecular flexibility index (Phi) is 3.82. The Bertz CT molecular complexity index is 506. The topological polar surface area (TPSA) is 29.5 Å². The molecule has 0 spiro atoms. The molecule has 2 aromatic rings. The Morgan fingerprint density at radius 2 is 1.71 bits per heavy atom. The third kappa shape index (κ3) is 3.08. The van der Waals surface area contributed by atoms with Crippen molar-refractivity contribution in [1.29, 1.82) is 0 Å². The number of hydrogen-bond acceptors (Lipinski definition) is 2. The van der Waals surface area contributed by atoms with Crippen molar-refractivity contribution in [1.82, 2.24) is 0 Å². The molecule has 0 heterocycles. The first-order chi connectivity index (χ1) is 8.19. The zero-order valence-corrected chi connectivity index (χ0v) is 11.1. The van der Waals surface area contributed by atoms with Gasteiger partial charge in [0.2, 0.25) is 0 Å². The van der Waals surface area contributed by atoms with E-state index < -0.39 is 0 Å². The van der Waals surface area contributed by atoms with Crippen LogP contribution in [0.4, 0.5) is 0 Å². The van der Waals surface area contributed by atoms with Crippen LogP contribution in [0.1, 0.15) is 11.1 Å². The molecule has 1 N–H and O–H groups in total. The lowest BCUT2D eigenvalue weighted by Gasteiger charge is -2.08. The van der Waals surface area contributed by atoms with Crippen LogP contribution in [0.2, 0.25) is 0 Å². The normalized spacial score (nSPS) is 10.3. The van der Waals surface area contributed by atoms with E-state index >= 15 is 0 Å². The molecule has 88 valence electrons. The van der Waals surface area contributed by atoms with Gasteiger partial charge in [0.05, 0.1) is 6.61 Å². The number of aryl methyl sites for hydroxylation is 1. The molecule has 0 aliphatic carbocycles. The Balaban J connectivity index is 2.19. The molecule has 2 nitrogen and oxygen atoms in total. The molecule has 0 unspecified atom stereocenters. The molecular weight excluding hydrogens is 280 g/mol. The summed E-state index contributed by atoms with van der Waals surface area (Å²) < 4.78 is 6.55. The smallest absolute Gasteiger partial charge is 0.128 e. The van der Waals surface area contributed by atoms with Gasteiger partial charge in [-0.15, -0.1) is 0 Å². The summed E-state index contributed by atoms with van der Waals surface area (Å²) in [6, 6.07) is 13.4. The van der Waals surface area contributed by atoms with Crippen LogP contribution in [0.25, 0.3) is 0 Å². The molecule has 0 aliphatic heterocycles. The standard InChI is InChI=1S/C14H13BrO2/c1-10-2-5-12(6-3-10)17-13-7-4-11(9-16)14(15)8-13/h2-8,16H,9H2,1H3. The van der Waals surface area contributed by atoms with Gasteiger partial charge in [-0.05, 0) is 36.8 Å². The van der Waals surface area contributed by atoms with Crippen molar-refractivity contribution in [3.05, 3.63) is 58.1 Å². The van der Waals surface area contributed by atoms with Gasteiger partial charge >= 0.3 is 0 Å². The summed E-state index contributed by atoms with van der Waals surface area (Å²) in [5.41, 5.74) is 2.05. The summed E-state index contributed by atoms with van der Waals surface area (Å²) >= 11 is 3.39. The van der Waals surface area contributed by atoms with Crippen LogP contribution >= 0.6 is 15.9 Å². The molecular formula is C14H13BrO2. The van der Waals surface area contributed by atoms with Crippen molar-refractivity contribution in [2.24, 2.45) is 0 Å². The molecule has 0 bridgehead atoms. The molecule has 2 aromatic carbocycles. The minimum absolute atomic E-state index is 0.0192. The van der Waals surface area contributed by atoms with E-state index in [0.29, 0.717) is 0 Å². The number of aliphatic hydroxyl groups excluding tert-OH is 1. The fourth-order valence-corrected chi connectivity index (χ4v) is 1.95. The fourth-order valence-electron chi connectivity index (χ4n) is 1.46. The second-order valence-corrected chi connectivity index (χ2v) is 4.68. The summed E-state index contributed by atoms with van der Waals surface area (Å²) in [7, 11) is 0. The average molecular weight is 293 g/mol. The van der Waals surface area contributed by atoms with E-state index in [4.69, 9.17) is 9.84 Å². The highest BCUT2D eigenvalue weighted by Crippen LogP contribution is 2.27. The van der Waals surface area contributed by atoms with Gasteiger partial charge in [-0.3, -0.25) is 0 Å². The first-order valence-corrected chi connectivity index (χ1v) is 6.12. The first-order valence-electron chi connectivity index (χ1n) is 5.33. The third-order valence-electron chi connectivity index (χ3n) is 2.45. The van der Waals surface area contributed by atoms with Gasteiger partial charge < -0.3 is 9.84 Å². The van der Waals surface area contributed by atoms with Crippen molar-refractivity contribution in [3.8, 4) is 11.5 Å². The van der Waals surface area contributed by atoms with Crippen molar-refractivity contribution in [2.45, 2.75) is 13.5 Å². The Morgan fingerprint density at radius 1 is 1.06 bits per heavy atom. The lowest BCUT2D eigenvalue weighted by Crippen LogP contribution is -1.88. The average Bonchev–Trinajstić information content (AvgIpc) is 2.32. The van der Waals surface area contributed by atoms with Crippen LogP contribution in [0.15, 0.2) is 46.9 Å². The van der Waals surface area contributed by atoms with Crippen LogP contribution in [-0.2, 0) is 6.61 Å². The predicted octanol–water partition coefficient (Wildman–Crippen LogP) is 4.04. The molecule has 0 saturated carbocycles. The van der Waals surface area contributed by atoms with E-state index in [1.807, 2.05) is 49.4 Å². The summed E-state index contributed by atoms with van der Waals surface area (Å²) in [6.45, 7) is 2.06. The molecule has 0 aromatic heterocycles. The van der Waals surface area contributed by atoms with E-state index in [1.54, 1.807) is 0 Å². The molecule has 0 aliphatic rings. The zero-order chi connectivity index (χ0) is 12.3. The first kappa shape index (κ1) is 12.1. The van der Waals surface area contributed by atoms with Crippen molar-refractivity contribution in [3.63, 3.8) is 0 Å². The number of aliphatic hydroxyl groups is 1. The van der Waals surface area contributed by atoms with Crippen LogP contribution in [0.3, 0.4) is 0 Å². The fraction of sp³-hybridized carbons (Fsp3) is 0.143. The minimum Gasteiger partial charge on any atom is -0.457 e. The minimum atomic E-state index is 0.0192. The van der Waals surface area contributed by atoms with Gasteiger partial charge in [0.25, 0.3) is 0 Å². The molecule has 17 heavy (non-hydrogen) atoms. The second-order valence-electron chi connectivity index (χ2n) is 3.83. The molecule has 0 fully saturated rings. The maximum Gasteiger partial charge on any atom is 0.128 e. The highest BCUT2D eigenvalue weighted by atomic mass is 79.9. The van der Waals surface area contributed by atoms with Crippen LogP contribution in [0, 0.1) is 6.92 Å². The zero-order valence-electron chi connectivity index (χ0n) is 9.48. The Morgan fingerprint density at radius 3 is 2.29 bits per heavy atom. The van der Waals surface area contributed by atoms with E-state index in [0.717, 1.165) is 21.5 Å². The Hall–Kier alpha value is -1.32. The van der Waals surface area contributed by atoms with Crippen LogP contribution in [0.5, 0.6) is 11.5 Å². The SMILES string of the molecule is Cc1ccc(Oc2ccc(CO)c(Br)c2)cc1. The van der Waals surface area contributed by atoms with Crippen molar-refractivity contribution < 1.29 is 9.84 Å². The lowest BCUT2D eigenvalue weighted by atomic mass is 10.2. The number of halogens is 1. The Labute approximate surface area is 109 Å². The van der Waals surface area contributed by atoms with Gasteiger partial charge in [-0.2, -0.15) is 0 Å². The molecule has 2 rings (SSSR count). The van der Waals surface area contributed by atoms with Gasteiger partial charge in [0.15, 0.2) is 0 Å². The molecule has 0 saturated heterocycles. The lowest BCUT2D eigenvalue weighted by molar-refractivity contribution is 0.281. The van der Waals surface area contributed by atoms with Crippen molar-refractivity contribution in [2.75, 3.05) is 0 Å². The summed E-state index contributed by atoms with van der Waals surface area (Å²) in [4.78, 5) is 0. The quantitative estimate of drug-likeness (QED) is 0.925. The highest BCUT2D eigenvalue weighted by Gasteiger charge is 2.02. The molecule has 0 amide bonds. The molecule has 0 atom stereocenters. The molecule has 0 radical (unpaired) electrons. The van der Waals surface area contributed by atoms with E-state index in [-0.39, 0.29) is 6.61 Å². The van der Waals surface area contributed by atoms with Crippen molar-refractivity contribution >= 4 is 15.9 Å². The van der Waals surface area contributed by atoms with Gasteiger partial charge in [0, 0.05) is 4.47 Å². The predicted molar refractivity (Wildman–Crippen MR) is 71.3 cm³/mol. The monoisotopic (exact) mass is 292 g/mol. The number of rotatable bonds is 3. The largest absolute Gasteiger partial charge is 0.457 e. The van der Waals surface area contributed by atoms with Gasteiger partial charge in [-0.25, -0.2) is 0 Å². The molecule has 3 heteroatoms. The summed E-state index contributed by atoms with van der Waals surface area (Å²) in [5, 5.41) is 9.06. The second kappa shape index (κ2) is 5.34. The van der Waals surface area contributed by atoms with Crippen LogP contribution in [-0.4, -0.2) is 5.11 Å². The number of benzene rings is 2. The van der Waals surface area contributed by atoms with E-state index in [1.165, 1.54) is 5.56 Å². The maximum absolute atomic E-state index is 9.06. The van der Waals surface area contributed by atoms with Crippen LogP contribution < -0.4 is 4.74 Å². The number of hydrogen-bond donors (Lipinski definition) is 1. The van der Waals surface area contributed by atoms with Gasteiger partial charge in [0.1, 0.15) is 11.5 Å².